The molecule has 26 heavy (non-hydrogen) atoms. The topological polar surface area (TPSA) is 46.0 Å². The SMILES string of the molecule is CC(C)c1nc2c(N3CCNCC3)nccc2n1Cc1ccccc1F. The van der Waals surface area contributed by atoms with Crippen molar-refractivity contribution in [3.05, 3.63) is 53.7 Å². The molecule has 1 saturated heterocycles. The average molecular weight is 353 g/mol. The van der Waals surface area contributed by atoms with Crippen molar-refractivity contribution >= 4 is 16.9 Å². The number of hydrogen-bond acceptors (Lipinski definition) is 4. The van der Waals surface area contributed by atoms with Crippen molar-refractivity contribution < 1.29 is 4.39 Å². The third-order valence-electron chi connectivity index (χ3n) is 4.90. The van der Waals surface area contributed by atoms with E-state index < -0.39 is 0 Å². The van der Waals surface area contributed by atoms with Crippen LogP contribution in [0.25, 0.3) is 11.0 Å². The van der Waals surface area contributed by atoms with Crippen molar-refractivity contribution in [2.24, 2.45) is 0 Å². The van der Waals surface area contributed by atoms with Crippen molar-refractivity contribution in [2.45, 2.75) is 26.3 Å². The maximum Gasteiger partial charge on any atom is 0.156 e. The van der Waals surface area contributed by atoms with Crippen molar-refractivity contribution in [3.8, 4) is 0 Å². The Hall–Kier alpha value is -2.47. The number of fused-ring (bicyclic) bond motifs is 1. The highest BCUT2D eigenvalue weighted by atomic mass is 19.1. The van der Waals surface area contributed by atoms with Crippen molar-refractivity contribution in [3.63, 3.8) is 0 Å². The Morgan fingerprint density at radius 1 is 1.15 bits per heavy atom. The van der Waals surface area contributed by atoms with E-state index in [2.05, 4.69) is 33.6 Å². The van der Waals surface area contributed by atoms with Crippen LogP contribution in [-0.4, -0.2) is 40.7 Å². The predicted octanol–water partition coefficient (Wildman–Crippen LogP) is 3.15. The number of anilines is 1. The van der Waals surface area contributed by atoms with E-state index in [4.69, 9.17) is 4.98 Å². The average Bonchev–Trinajstić information content (AvgIpc) is 3.03. The van der Waals surface area contributed by atoms with Crippen LogP contribution in [0.2, 0.25) is 0 Å². The van der Waals surface area contributed by atoms with Gasteiger partial charge in [0.15, 0.2) is 5.82 Å². The first-order valence-corrected chi connectivity index (χ1v) is 9.19. The zero-order valence-corrected chi connectivity index (χ0v) is 15.2. The molecule has 0 spiro atoms. The zero-order valence-electron chi connectivity index (χ0n) is 15.2. The minimum Gasteiger partial charge on any atom is -0.352 e. The van der Waals surface area contributed by atoms with E-state index in [1.54, 1.807) is 6.07 Å². The molecule has 0 bridgehead atoms. The molecule has 0 unspecified atom stereocenters. The third-order valence-corrected chi connectivity index (χ3v) is 4.90. The summed E-state index contributed by atoms with van der Waals surface area (Å²) in [6.45, 7) is 8.46. The van der Waals surface area contributed by atoms with E-state index in [0.717, 1.165) is 48.9 Å². The molecule has 0 amide bonds. The molecule has 3 heterocycles. The standard InChI is InChI=1S/C20H24FN5/c1-14(2)19-24-18-17(26(19)13-15-5-3-4-6-16(15)21)7-8-23-20(18)25-11-9-22-10-12-25/h3-8,14,22H,9-13H2,1-2H3. The van der Waals surface area contributed by atoms with Crippen LogP contribution in [0.3, 0.4) is 0 Å². The minimum atomic E-state index is -0.180. The van der Waals surface area contributed by atoms with E-state index in [1.165, 1.54) is 6.07 Å². The summed E-state index contributed by atoms with van der Waals surface area (Å²) < 4.78 is 16.4. The molecular formula is C20H24FN5. The van der Waals surface area contributed by atoms with Gasteiger partial charge in [-0.25, -0.2) is 14.4 Å². The second-order valence-electron chi connectivity index (χ2n) is 7.04. The van der Waals surface area contributed by atoms with E-state index in [0.29, 0.717) is 12.1 Å². The van der Waals surface area contributed by atoms with Gasteiger partial charge in [0, 0.05) is 43.9 Å². The van der Waals surface area contributed by atoms with Gasteiger partial charge in [0.1, 0.15) is 17.2 Å². The monoisotopic (exact) mass is 353 g/mol. The minimum absolute atomic E-state index is 0.180. The molecule has 4 rings (SSSR count). The molecule has 0 saturated carbocycles. The molecule has 6 heteroatoms. The molecule has 1 aliphatic heterocycles. The molecule has 136 valence electrons. The van der Waals surface area contributed by atoms with Crippen LogP contribution in [0.15, 0.2) is 36.5 Å². The summed E-state index contributed by atoms with van der Waals surface area (Å²) in [5.74, 6) is 1.95. The second kappa shape index (κ2) is 7.03. The number of nitrogens with one attached hydrogen (secondary N) is 1. The van der Waals surface area contributed by atoms with Gasteiger partial charge in [0.05, 0.1) is 12.1 Å². The largest absolute Gasteiger partial charge is 0.352 e. The molecule has 0 aliphatic carbocycles. The molecule has 1 aromatic carbocycles. The number of rotatable bonds is 4. The van der Waals surface area contributed by atoms with E-state index in [1.807, 2.05) is 24.4 Å². The van der Waals surface area contributed by atoms with Crippen molar-refractivity contribution in [2.75, 3.05) is 31.1 Å². The molecule has 3 aromatic rings. The molecule has 5 nitrogen and oxygen atoms in total. The number of nitrogens with zero attached hydrogens (tertiary/aromatic N) is 4. The van der Waals surface area contributed by atoms with Gasteiger partial charge in [-0.15, -0.1) is 0 Å². The summed E-state index contributed by atoms with van der Waals surface area (Å²) in [7, 11) is 0. The van der Waals surface area contributed by atoms with Gasteiger partial charge in [0.2, 0.25) is 0 Å². The first-order chi connectivity index (χ1) is 12.6. The number of benzene rings is 1. The van der Waals surface area contributed by atoms with Gasteiger partial charge in [-0.2, -0.15) is 0 Å². The molecule has 1 N–H and O–H groups in total. The number of halogens is 1. The summed E-state index contributed by atoms with van der Waals surface area (Å²) in [6.07, 6.45) is 1.84. The highest BCUT2D eigenvalue weighted by molar-refractivity contribution is 5.87. The first-order valence-electron chi connectivity index (χ1n) is 9.19. The number of aromatic nitrogens is 3. The lowest BCUT2D eigenvalue weighted by Crippen LogP contribution is -2.44. The molecule has 0 atom stereocenters. The van der Waals surface area contributed by atoms with Crippen LogP contribution in [0.1, 0.15) is 31.2 Å². The van der Waals surface area contributed by atoms with Crippen molar-refractivity contribution in [1.29, 1.82) is 0 Å². The molecule has 1 aliphatic rings. The number of hydrogen-bond donors (Lipinski definition) is 1. The number of pyridine rings is 1. The van der Waals surface area contributed by atoms with Gasteiger partial charge in [0.25, 0.3) is 0 Å². The normalized spacial score (nSPS) is 15.2. The van der Waals surface area contributed by atoms with Gasteiger partial charge >= 0.3 is 0 Å². The quantitative estimate of drug-likeness (QED) is 0.783. The van der Waals surface area contributed by atoms with Crippen LogP contribution in [0.5, 0.6) is 0 Å². The summed E-state index contributed by atoms with van der Waals surface area (Å²) in [5.41, 5.74) is 2.60. The lowest BCUT2D eigenvalue weighted by molar-refractivity contribution is 0.586. The molecule has 1 fully saturated rings. The summed E-state index contributed by atoms with van der Waals surface area (Å²) in [4.78, 5) is 11.8. The molecule has 0 radical (unpaired) electrons. The van der Waals surface area contributed by atoms with Crippen LogP contribution in [0, 0.1) is 5.82 Å². The lowest BCUT2D eigenvalue weighted by atomic mass is 10.1. The highest BCUT2D eigenvalue weighted by Crippen LogP contribution is 2.29. The second-order valence-corrected chi connectivity index (χ2v) is 7.04. The van der Waals surface area contributed by atoms with Crippen LogP contribution in [0.4, 0.5) is 10.2 Å². The van der Waals surface area contributed by atoms with E-state index >= 15 is 0 Å². The summed E-state index contributed by atoms with van der Waals surface area (Å²) >= 11 is 0. The highest BCUT2D eigenvalue weighted by Gasteiger charge is 2.21. The maximum absolute atomic E-state index is 14.2. The van der Waals surface area contributed by atoms with Gasteiger partial charge in [-0.05, 0) is 12.1 Å². The van der Waals surface area contributed by atoms with Crippen LogP contribution < -0.4 is 10.2 Å². The van der Waals surface area contributed by atoms with Gasteiger partial charge in [-0.1, -0.05) is 32.0 Å². The Labute approximate surface area is 152 Å². The summed E-state index contributed by atoms with van der Waals surface area (Å²) in [6, 6.07) is 8.93. The van der Waals surface area contributed by atoms with E-state index in [9.17, 15) is 4.39 Å². The van der Waals surface area contributed by atoms with E-state index in [-0.39, 0.29) is 11.7 Å². The smallest absolute Gasteiger partial charge is 0.156 e. The summed E-state index contributed by atoms with van der Waals surface area (Å²) in [5, 5.41) is 3.37. The Morgan fingerprint density at radius 2 is 1.92 bits per heavy atom. The van der Waals surface area contributed by atoms with Crippen LogP contribution >= 0.6 is 0 Å². The fraction of sp³-hybridized carbons (Fsp3) is 0.400. The maximum atomic E-state index is 14.2. The number of imidazole rings is 1. The van der Waals surface area contributed by atoms with Crippen molar-refractivity contribution in [1.82, 2.24) is 19.9 Å². The van der Waals surface area contributed by atoms with Gasteiger partial charge in [-0.3, -0.25) is 0 Å². The number of piperazine rings is 1. The first kappa shape index (κ1) is 17.0. The third kappa shape index (κ3) is 3.05. The fourth-order valence-corrected chi connectivity index (χ4v) is 3.57. The fourth-order valence-electron chi connectivity index (χ4n) is 3.57. The Bertz CT molecular complexity index is 912. The van der Waals surface area contributed by atoms with Crippen LogP contribution in [-0.2, 0) is 6.54 Å². The van der Waals surface area contributed by atoms with Gasteiger partial charge < -0.3 is 14.8 Å². The molecule has 2 aromatic heterocycles. The Balaban J connectivity index is 1.83. The Kier molecular flexibility index (Phi) is 4.59. The predicted molar refractivity (Wildman–Crippen MR) is 102 cm³/mol. The Morgan fingerprint density at radius 3 is 2.65 bits per heavy atom. The lowest BCUT2D eigenvalue weighted by Gasteiger charge is -2.28. The molecular weight excluding hydrogens is 329 g/mol. The zero-order chi connectivity index (χ0) is 18.1.